The van der Waals surface area contributed by atoms with Crippen LogP contribution in [0, 0.1) is 0 Å². The number of nitrogens with two attached hydrogens (primary N) is 1. The van der Waals surface area contributed by atoms with Gasteiger partial charge in [0.2, 0.25) is 11.8 Å². The Morgan fingerprint density at radius 2 is 2.45 bits per heavy atom. The van der Waals surface area contributed by atoms with Crippen LogP contribution in [0.1, 0.15) is 19.3 Å². The van der Waals surface area contributed by atoms with Crippen LogP contribution in [0.2, 0.25) is 0 Å². The number of thiophene rings is 1. The summed E-state index contributed by atoms with van der Waals surface area (Å²) in [6.45, 7) is 1.86. The zero-order chi connectivity index (χ0) is 13.9. The van der Waals surface area contributed by atoms with Crippen molar-refractivity contribution in [1.82, 2.24) is 14.9 Å². The van der Waals surface area contributed by atoms with Crippen LogP contribution < -0.4 is 16.0 Å². The molecule has 2 aromatic rings. The predicted molar refractivity (Wildman–Crippen MR) is 81.0 cm³/mol. The maximum absolute atomic E-state index is 5.86. The van der Waals surface area contributed by atoms with E-state index in [2.05, 4.69) is 27.3 Å². The zero-order valence-corrected chi connectivity index (χ0v) is 12.3. The van der Waals surface area contributed by atoms with Crippen molar-refractivity contribution in [3.63, 3.8) is 0 Å². The molecule has 7 heteroatoms. The molecule has 1 fully saturated rings. The molecule has 0 saturated carbocycles. The molecule has 3 N–H and O–H groups in total. The summed E-state index contributed by atoms with van der Waals surface area (Å²) >= 11 is 1.56. The summed E-state index contributed by atoms with van der Waals surface area (Å²) in [6.07, 6.45) is 3.56. The second-order valence-corrected chi connectivity index (χ2v) is 5.94. The number of hydrazine groups is 1. The normalized spacial score (nSPS) is 19.6. The van der Waals surface area contributed by atoms with Gasteiger partial charge in [0.1, 0.15) is 4.83 Å². The number of anilines is 1. The van der Waals surface area contributed by atoms with Gasteiger partial charge in [0.25, 0.3) is 0 Å². The van der Waals surface area contributed by atoms with E-state index in [1.54, 1.807) is 11.3 Å². The first kappa shape index (κ1) is 13.5. The zero-order valence-electron chi connectivity index (χ0n) is 11.5. The molecule has 0 aromatic carbocycles. The van der Waals surface area contributed by atoms with Crippen LogP contribution in [0.5, 0.6) is 5.88 Å². The molecule has 0 amide bonds. The molecule has 108 valence electrons. The number of nitrogen functional groups attached to an aromatic ring is 1. The smallest absolute Gasteiger partial charge is 0.241 e. The van der Waals surface area contributed by atoms with Gasteiger partial charge < -0.3 is 9.64 Å². The summed E-state index contributed by atoms with van der Waals surface area (Å²) in [5.41, 5.74) is 2.48. The first-order valence-corrected chi connectivity index (χ1v) is 7.71. The Labute approximate surface area is 121 Å². The van der Waals surface area contributed by atoms with Crippen LogP contribution in [0.25, 0.3) is 10.2 Å². The summed E-state index contributed by atoms with van der Waals surface area (Å²) in [4.78, 5) is 11.9. The van der Waals surface area contributed by atoms with Crippen LogP contribution in [-0.4, -0.2) is 41.1 Å². The van der Waals surface area contributed by atoms with Gasteiger partial charge in [-0.25, -0.2) is 10.8 Å². The lowest BCUT2D eigenvalue weighted by Gasteiger charge is -2.19. The maximum Gasteiger partial charge on any atom is 0.241 e. The molecule has 0 spiro atoms. The van der Waals surface area contributed by atoms with Crippen LogP contribution in [0.4, 0.5) is 5.95 Å². The molecule has 1 aliphatic rings. The quantitative estimate of drug-likeness (QED) is 0.647. The van der Waals surface area contributed by atoms with Crippen molar-refractivity contribution in [2.75, 3.05) is 25.6 Å². The number of nitrogens with one attached hydrogen (secondary N) is 1. The van der Waals surface area contributed by atoms with Crippen molar-refractivity contribution >= 4 is 27.5 Å². The third-order valence-electron chi connectivity index (χ3n) is 3.78. The third-order valence-corrected chi connectivity index (χ3v) is 4.59. The first-order valence-electron chi connectivity index (χ1n) is 6.83. The van der Waals surface area contributed by atoms with Crippen LogP contribution in [0.15, 0.2) is 11.4 Å². The van der Waals surface area contributed by atoms with E-state index < -0.39 is 0 Å². The van der Waals surface area contributed by atoms with Crippen molar-refractivity contribution in [2.45, 2.75) is 25.3 Å². The lowest BCUT2D eigenvalue weighted by atomic mass is 10.1. The molecule has 2 aromatic heterocycles. The molecule has 3 rings (SSSR count). The van der Waals surface area contributed by atoms with Gasteiger partial charge in [-0.2, -0.15) is 4.98 Å². The number of rotatable bonds is 5. The topological polar surface area (TPSA) is 76.3 Å². The van der Waals surface area contributed by atoms with Crippen molar-refractivity contribution < 1.29 is 4.74 Å². The lowest BCUT2D eigenvalue weighted by molar-refractivity contribution is 0.230. The summed E-state index contributed by atoms with van der Waals surface area (Å²) in [7, 11) is 2.18. The van der Waals surface area contributed by atoms with Gasteiger partial charge in [0.15, 0.2) is 0 Å². The van der Waals surface area contributed by atoms with E-state index in [0.29, 0.717) is 24.5 Å². The molecule has 0 aliphatic carbocycles. The second kappa shape index (κ2) is 5.90. The molecule has 0 bridgehead atoms. The monoisotopic (exact) mass is 293 g/mol. The molecule has 1 atom stereocenters. The molecule has 6 nitrogen and oxygen atoms in total. The molecule has 1 unspecified atom stereocenters. The van der Waals surface area contributed by atoms with Crippen LogP contribution in [0.3, 0.4) is 0 Å². The molecule has 20 heavy (non-hydrogen) atoms. The summed E-state index contributed by atoms with van der Waals surface area (Å²) in [6, 6.07) is 2.61. The summed E-state index contributed by atoms with van der Waals surface area (Å²) in [5, 5.41) is 2.94. The molecular formula is C13H19N5OS. The van der Waals surface area contributed by atoms with Gasteiger partial charge in [-0.05, 0) is 44.3 Å². The number of fused-ring (bicyclic) bond motifs is 1. The summed E-state index contributed by atoms with van der Waals surface area (Å²) < 4.78 is 5.86. The lowest BCUT2D eigenvalue weighted by Crippen LogP contribution is -2.26. The van der Waals surface area contributed by atoms with Crippen molar-refractivity contribution in [3.8, 4) is 5.88 Å². The number of hydrogen-bond donors (Lipinski definition) is 2. The van der Waals surface area contributed by atoms with E-state index in [1.807, 2.05) is 11.4 Å². The van der Waals surface area contributed by atoms with Gasteiger partial charge >= 0.3 is 0 Å². The number of aromatic nitrogens is 2. The minimum atomic E-state index is 0.396. The molecule has 1 saturated heterocycles. The van der Waals surface area contributed by atoms with Gasteiger partial charge in [0.05, 0.1) is 12.0 Å². The van der Waals surface area contributed by atoms with Crippen molar-refractivity contribution in [2.24, 2.45) is 5.84 Å². The van der Waals surface area contributed by atoms with Gasteiger partial charge in [-0.15, -0.1) is 11.3 Å². The molecule has 0 radical (unpaired) electrons. The Morgan fingerprint density at radius 1 is 1.55 bits per heavy atom. The van der Waals surface area contributed by atoms with E-state index in [4.69, 9.17) is 10.6 Å². The first-order chi connectivity index (χ1) is 9.78. The van der Waals surface area contributed by atoms with Crippen molar-refractivity contribution in [3.05, 3.63) is 11.4 Å². The highest BCUT2D eigenvalue weighted by Gasteiger charge is 2.20. The third kappa shape index (κ3) is 2.70. The highest BCUT2D eigenvalue weighted by molar-refractivity contribution is 7.16. The Balaban J connectivity index is 1.68. The fourth-order valence-corrected chi connectivity index (χ4v) is 3.39. The SMILES string of the molecule is CN1CCCC1CCOc1nc(NN)nc2sccc12. The average Bonchev–Trinajstić information content (AvgIpc) is 3.07. The fraction of sp³-hybridized carbons (Fsp3) is 0.538. The standard InChI is InChI=1S/C13H19N5OS/c1-18-6-2-3-9(18)4-7-19-11-10-5-8-20-12(10)16-13(15-11)17-14/h5,8-9H,2-4,6-7,14H2,1H3,(H,15,16,17). The van der Waals surface area contributed by atoms with Gasteiger partial charge in [-0.3, -0.25) is 5.43 Å². The predicted octanol–water partition coefficient (Wildman–Crippen LogP) is 1.84. The van der Waals surface area contributed by atoms with Crippen LogP contribution >= 0.6 is 11.3 Å². The van der Waals surface area contributed by atoms with E-state index in [1.165, 1.54) is 19.4 Å². The Bertz CT molecular complexity index is 587. The molecule has 1 aliphatic heterocycles. The highest BCUT2D eigenvalue weighted by Crippen LogP contribution is 2.28. The largest absolute Gasteiger partial charge is 0.477 e. The van der Waals surface area contributed by atoms with E-state index in [-0.39, 0.29) is 0 Å². The van der Waals surface area contributed by atoms with Gasteiger partial charge in [-0.1, -0.05) is 0 Å². The fourth-order valence-electron chi connectivity index (χ4n) is 2.64. The Hall–Kier alpha value is -1.44. The maximum atomic E-state index is 5.86. The minimum Gasteiger partial charge on any atom is -0.477 e. The Kier molecular flexibility index (Phi) is 4.00. The average molecular weight is 293 g/mol. The number of hydrogen-bond acceptors (Lipinski definition) is 7. The number of nitrogens with zero attached hydrogens (tertiary/aromatic N) is 3. The van der Waals surface area contributed by atoms with E-state index in [0.717, 1.165) is 16.6 Å². The van der Waals surface area contributed by atoms with E-state index in [9.17, 15) is 0 Å². The molecule has 3 heterocycles. The Morgan fingerprint density at radius 3 is 3.20 bits per heavy atom. The summed E-state index contributed by atoms with van der Waals surface area (Å²) in [5.74, 6) is 6.40. The number of ether oxygens (including phenoxy) is 1. The van der Waals surface area contributed by atoms with E-state index >= 15 is 0 Å². The molecular weight excluding hydrogens is 274 g/mol. The van der Waals surface area contributed by atoms with Gasteiger partial charge in [0, 0.05) is 6.04 Å². The second-order valence-electron chi connectivity index (χ2n) is 5.05. The van der Waals surface area contributed by atoms with Crippen molar-refractivity contribution in [1.29, 1.82) is 0 Å². The number of likely N-dealkylation sites (tertiary alicyclic amines) is 1. The minimum absolute atomic E-state index is 0.396. The van der Waals surface area contributed by atoms with Crippen LogP contribution in [-0.2, 0) is 0 Å². The highest BCUT2D eigenvalue weighted by atomic mass is 32.1.